The molecule has 8 nitrogen and oxygen atoms in total. The lowest BCUT2D eigenvalue weighted by Crippen LogP contribution is -2.58. The number of nitrogens with zero attached hydrogens (tertiary/aromatic N) is 4. The van der Waals surface area contributed by atoms with E-state index in [1.807, 2.05) is 30.0 Å². The maximum absolute atomic E-state index is 13.1. The van der Waals surface area contributed by atoms with Gasteiger partial charge in [-0.3, -0.25) is 4.79 Å². The molecule has 0 spiro atoms. The van der Waals surface area contributed by atoms with Gasteiger partial charge in [-0.2, -0.15) is 0 Å². The number of anilines is 1. The predicted molar refractivity (Wildman–Crippen MR) is 125 cm³/mol. The van der Waals surface area contributed by atoms with Crippen LogP contribution in [-0.2, 0) is 16.1 Å². The number of ether oxygens (including phenoxy) is 1. The summed E-state index contributed by atoms with van der Waals surface area (Å²) in [5.41, 5.74) is 1.67. The molecule has 2 aromatic rings. The summed E-state index contributed by atoms with van der Waals surface area (Å²) in [7, 11) is 0. The highest BCUT2D eigenvalue weighted by atomic mass is 16.5. The van der Waals surface area contributed by atoms with E-state index in [9.17, 15) is 9.59 Å². The molecule has 1 aliphatic carbocycles. The minimum atomic E-state index is -0.477. The van der Waals surface area contributed by atoms with Crippen molar-refractivity contribution >= 4 is 29.0 Å². The fourth-order valence-electron chi connectivity index (χ4n) is 5.09. The Hall–Kier alpha value is -2.77. The van der Waals surface area contributed by atoms with E-state index in [2.05, 4.69) is 27.8 Å². The Balaban J connectivity index is 1.40. The van der Waals surface area contributed by atoms with Gasteiger partial charge in [0.1, 0.15) is 0 Å². The van der Waals surface area contributed by atoms with E-state index in [4.69, 9.17) is 9.72 Å². The molecule has 2 fully saturated rings. The van der Waals surface area contributed by atoms with E-state index >= 15 is 0 Å². The van der Waals surface area contributed by atoms with Gasteiger partial charge in [0, 0.05) is 32.7 Å². The summed E-state index contributed by atoms with van der Waals surface area (Å²) in [6.07, 6.45) is 5.13. The van der Waals surface area contributed by atoms with Gasteiger partial charge in [0.2, 0.25) is 5.95 Å². The van der Waals surface area contributed by atoms with Crippen LogP contribution in [0.25, 0.3) is 11.0 Å². The number of aryl methyl sites for hydroxylation is 1. The van der Waals surface area contributed by atoms with E-state index in [0.717, 1.165) is 68.7 Å². The normalized spacial score (nSPS) is 18.6. The standard InChI is InChI=1S/C24H35N5O3/c1-3-29-20-11-7-6-10-19(20)25-22(29)27-14-16-28(17-15-27)23(31)26-24(12-8-5-9-13-24)18-21(30)32-4-2/h6-7,10-11H,3-5,8-9,12-18H2,1-2H3,(H,26,31). The van der Waals surface area contributed by atoms with Crippen LogP contribution in [0.5, 0.6) is 0 Å². The van der Waals surface area contributed by atoms with Gasteiger partial charge in [-0.25, -0.2) is 9.78 Å². The number of carbonyl (C=O) groups excluding carboxylic acids is 2. The van der Waals surface area contributed by atoms with Crippen molar-refractivity contribution in [2.45, 2.75) is 64.5 Å². The predicted octanol–water partition coefficient (Wildman–Crippen LogP) is 3.54. The fraction of sp³-hybridized carbons (Fsp3) is 0.625. The first-order valence-electron chi connectivity index (χ1n) is 12.0. The van der Waals surface area contributed by atoms with E-state index < -0.39 is 5.54 Å². The van der Waals surface area contributed by atoms with Crippen molar-refractivity contribution in [1.29, 1.82) is 0 Å². The van der Waals surface area contributed by atoms with Crippen LogP contribution in [0, 0.1) is 0 Å². The van der Waals surface area contributed by atoms with Gasteiger partial charge in [-0.05, 0) is 38.8 Å². The molecular formula is C24H35N5O3. The molecule has 1 aliphatic heterocycles. The van der Waals surface area contributed by atoms with Gasteiger partial charge in [-0.1, -0.05) is 31.4 Å². The number of benzene rings is 1. The van der Waals surface area contributed by atoms with E-state index in [0.29, 0.717) is 19.7 Å². The fourth-order valence-corrected chi connectivity index (χ4v) is 5.09. The average molecular weight is 442 g/mol. The molecule has 8 heteroatoms. The molecule has 1 N–H and O–H groups in total. The minimum absolute atomic E-state index is 0.0696. The van der Waals surface area contributed by atoms with Crippen molar-refractivity contribution < 1.29 is 14.3 Å². The van der Waals surface area contributed by atoms with Crippen LogP contribution in [-0.4, -0.2) is 64.8 Å². The molecule has 0 bridgehead atoms. The number of rotatable bonds is 6. The Morgan fingerprint density at radius 2 is 1.78 bits per heavy atom. The van der Waals surface area contributed by atoms with Crippen molar-refractivity contribution in [3.05, 3.63) is 24.3 Å². The van der Waals surface area contributed by atoms with Gasteiger partial charge in [0.05, 0.1) is 29.6 Å². The number of hydrogen-bond acceptors (Lipinski definition) is 5. The first-order valence-corrected chi connectivity index (χ1v) is 12.0. The number of imidazole rings is 1. The summed E-state index contributed by atoms with van der Waals surface area (Å²) in [6.45, 7) is 7.91. The van der Waals surface area contributed by atoms with E-state index in [-0.39, 0.29) is 18.4 Å². The zero-order valence-electron chi connectivity index (χ0n) is 19.3. The molecule has 0 radical (unpaired) electrons. The first-order chi connectivity index (χ1) is 15.5. The van der Waals surface area contributed by atoms with Crippen LogP contribution in [0.2, 0.25) is 0 Å². The van der Waals surface area contributed by atoms with Crippen molar-refractivity contribution in [3.8, 4) is 0 Å². The molecule has 1 aromatic heterocycles. The zero-order valence-corrected chi connectivity index (χ0v) is 19.3. The Labute approximate surface area is 189 Å². The highest BCUT2D eigenvalue weighted by Crippen LogP contribution is 2.32. The maximum atomic E-state index is 13.1. The number of esters is 1. The molecular weight excluding hydrogens is 406 g/mol. The third kappa shape index (κ3) is 4.69. The van der Waals surface area contributed by atoms with Crippen LogP contribution in [0.1, 0.15) is 52.4 Å². The molecule has 32 heavy (non-hydrogen) atoms. The Morgan fingerprint density at radius 3 is 2.47 bits per heavy atom. The molecule has 174 valence electrons. The maximum Gasteiger partial charge on any atom is 0.317 e. The average Bonchev–Trinajstić information content (AvgIpc) is 3.18. The van der Waals surface area contributed by atoms with Gasteiger partial charge < -0.3 is 24.4 Å². The Bertz CT molecular complexity index is 942. The summed E-state index contributed by atoms with van der Waals surface area (Å²) < 4.78 is 7.42. The molecule has 1 saturated carbocycles. The molecule has 2 aliphatic rings. The van der Waals surface area contributed by atoms with Gasteiger partial charge >= 0.3 is 12.0 Å². The lowest BCUT2D eigenvalue weighted by atomic mass is 9.79. The first kappa shape index (κ1) is 22.4. The number of amides is 2. The molecule has 0 atom stereocenters. The summed E-state index contributed by atoms with van der Waals surface area (Å²) >= 11 is 0. The topological polar surface area (TPSA) is 79.7 Å². The molecule has 1 saturated heterocycles. The lowest BCUT2D eigenvalue weighted by molar-refractivity contribution is -0.145. The third-order valence-electron chi connectivity index (χ3n) is 6.77. The largest absolute Gasteiger partial charge is 0.466 e. The second kappa shape index (κ2) is 9.79. The van der Waals surface area contributed by atoms with Gasteiger partial charge in [0.25, 0.3) is 0 Å². The van der Waals surface area contributed by atoms with Crippen molar-refractivity contribution in [1.82, 2.24) is 19.8 Å². The number of aromatic nitrogens is 2. The lowest BCUT2D eigenvalue weighted by Gasteiger charge is -2.41. The summed E-state index contributed by atoms with van der Waals surface area (Å²) in [6, 6.07) is 8.13. The van der Waals surface area contributed by atoms with E-state index in [1.165, 1.54) is 0 Å². The molecule has 2 amide bonds. The van der Waals surface area contributed by atoms with Crippen LogP contribution >= 0.6 is 0 Å². The van der Waals surface area contributed by atoms with Crippen LogP contribution in [0.15, 0.2) is 24.3 Å². The SMILES string of the molecule is CCOC(=O)CC1(NC(=O)N2CCN(c3nc4ccccc4n3CC)CC2)CCCCC1. The van der Waals surface area contributed by atoms with Gasteiger partial charge in [0.15, 0.2) is 0 Å². The summed E-state index contributed by atoms with van der Waals surface area (Å²) in [4.78, 5) is 34.3. The molecule has 2 heterocycles. The van der Waals surface area contributed by atoms with Crippen molar-refractivity contribution in [2.24, 2.45) is 0 Å². The third-order valence-corrected chi connectivity index (χ3v) is 6.77. The zero-order chi connectivity index (χ0) is 22.6. The number of nitrogens with one attached hydrogen (secondary N) is 1. The Kier molecular flexibility index (Phi) is 6.86. The minimum Gasteiger partial charge on any atom is -0.466 e. The highest BCUT2D eigenvalue weighted by Gasteiger charge is 2.38. The summed E-state index contributed by atoms with van der Waals surface area (Å²) in [5.74, 6) is 0.748. The second-order valence-corrected chi connectivity index (χ2v) is 8.87. The van der Waals surface area contributed by atoms with Crippen LogP contribution < -0.4 is 10.2 Å². The van der Waals surface area contributed by atoms with E-state index in [1.54, 1.807) is 0 Å². The van der Waals surface area contributed by atoms with Crippen LogP contribution in [0.4, 0.5) is 10.7 Å². The Morgan fingerprint density at radius 1 is 1.06 bits per heavy atom. The van der Waals surface area contributed by atoms with Gasteiger partial charge in [-0.15, -0.1) is 0 Å². The number of piperazine rings is 1. The monoisotopic (exact) mass is 441 g/mol. The molecule has 4 rings (SSSR count). The van der Waals surface area contributed by atoms with Crippen LogP contribution in [0.3, 0.4) is 0 Å². The number of fused-ring (bicyclic) bond motifs is 1. The second-order valence-electron chi connectivity index (χ2n) is 8.87. The van der Waals surface area contributed by atoms with Crippen molar-refractivity contribution in [2.75, 3.05) is 37.7 Å². The highest BCUT2D eigenvalue weighted by molar-refractivity contribution is 5.79. The number of hydrogen-bond donors (Lipinski definition) is 1. The van der Waals surface area contributed by atoms with Crippen molar-refractivity contribution in [3.63, 3.8) is 0 Å². The number of para-hydroxylation sites is 2. The smallest absolute Gasteiger partial charge is 0.317 e. The molecule has 1 aromatic carbocycles. The number of carbonyl (C=O) groups is 2. The summed E-state index contributed by atoms with van der Waals surface area (Å²) in [5, 5.41) is 3.24. The molecule has 0 unspecified atom stereocenters. The quantitative estimate of drug-likeness (QED) is 0.694. The number of urea groups is 1.